The second-order valence-corrected chi connectivity index (χ2v) is 2.75. The van der Waals surface area contributed by atoms with Gasteiger partial charge in [-0.05, 0) is 6.92 Å². The van der Waals surface area contributed by atoms with E-state index in [1.54, 1.807) is 4.68 Å². The molecule has 1 aromatic heterocycles. The van der Waals surface area contributed by atoms with Crippen LogP contribution in [0.25, 0.3) is 0 Å². The number of aromatic nitrogens is 2. The lowest BCUT2D eigenvalue weighted by atomic mass is 10.4. The van der Waals surface area contributed by atoms with Crippen LogP contribution in [0.3, 0.4) is 0 Å². The quantitative estimate of drug-likeness (QED) is 0.603. The molecule has 0 saturated heterocycles. The van der Waals surface area contributed by atoms with Crippen molar-refractivity contribution in [3.8, 4) is 0 Å². The van der Waals surface area contributed by atoms with E-state index in [-0.39, 0.29) is 0 Å². The first-order valence-corrected chi connectivity index (χ1v) is 3.82. The fraction of sp³-hybridized carbons (Fsp3) is 0.500. The zero-order valence-corrected chi connectivity index (χ0v) is 7.37. The summed E-state index contributed by atoms with van der Waals surface area (Å²) in [5, 5.41) is 4.76. The van der Waals surface area contributed by atoms with Gasteiger partial charge < -0.3 is 0 Å². The van der Waals surface area contributed by atoms with Crippen LogP contribution in [0.2, 0.25) is 5.02 Å². The summed E-state index contributed by atoms with van der Waals surface area (Å²) in [6.07, 6.45) is 0. The van der Waals surface area contributed by atoms with Crippen molar-refractivity contribution < 1.29 is 0 Å². The van der Waals surface area contributed by atoms with E-state index in [1.165, 1.54) is 0 Å². The number of halogens is 2. The van der Waals surface area contributed by atoms with Crippen molar-refractivity contribution in [2.24, 2.45) is 7.05 Å². The molecular weight excluding hydrogens is 171 g/mol. The molecule has 0 fully saturated rings. The summed E-state index contributed by atoms with van der Waals surface area (Å²) in [5.74, 6) is 0.413. The molecule has 0 aliphatic rings. The lowest BCUT2D eigenvalue weighted by Gasteiger charge is -1.93. The normalized spacial score (nSPS) is 10.4. The number of aryl methyl sites for hydroxylation is 2. The second-order valence-electron chi connectivity index (χ2n) is 2.10. The Balaban J connectivity index is 3.20. The molecule has 2 nitrogen and oxygen atoms in total. The maximum atomic E-state index is 5.85. The Bertz CT molecular complexity index is 242. The van der Waals surface area contributed by atoms with Crippen molar-refractivity contribution in [1.82, 2.24) is 9.78 Å². The minimum Gasteiger partial charge on any atom is -0.270 e. The maximum absolute atomic E-state index is 5.85. The van der Waals surface area contributed by atoms with E-state index in [2.05, 4.69) is 5.10 Å². The molecule has 0 radical (unpaired) electrons. The van der Waals surface area contributed by atoms with Crippen LogP contribution in [0.1, 0.15) is 11.4 Å². The van der Waals surface area contributed by atoms with Crippen LogP contribution < -0.4 is 0 Å². The average Bonchev–Trinajstić information content (AvgIpc) is 2.09. The largest absolute Gasteiger partial charge is 0.270 e. The predicted molar refractivity (Wildman–Crippen MR) is 42.5 cm³/mol. The number of hydrogen-bond donors (Lipinski definition) is 0. The minimum absolute atomic E-state index is 0.413. The molecule has 0 atom stereocenters. The van der Waals surface area contributed by atoms with Crippen LogP contribution >= 0.6 is 23.2 Å². The van der Waals surface area contributed by atoms with E-state index in [0.717, 1.165) is 11.4 Å². The van der Waals surface area contributed by atoms with Crippen molar-refractivity contribution in [2.45, 2.75) is 12.8 Å². The Kier molecular flexibility index (Phi) is 2.21. The van der Waals surface area contributed by atoms with Crippen LogP contribution in [-0.2, 0) is 12.9 Å². The van der Waals surface area contributed by atoms with Crippen molar-refractivity contribution >= 4 is 23.2 Å². The third kappa shape index (κ3) is 1.13. The van der Waals surface area contributed by atoms with Crippen molar-refractivity contribution in [2.75, 3.05) is 0 Å². The SMILES string of the molecule is Cc1nn(C)c(CCl)c1Cl. The molecule has 0 spiro atoms. The van der Waals surface area contributed by atoms with Crippen LogP contribution in [0.4, 0.5) is 0 Å². The molecule has 56 valence electrons. The zero-order chi connectivity index (χ0) is 7.72. The van der Waals surface area contributed by atoms with E-state index in [0.29, 0.717) is 10.9 Å². The molecule has 0 saturated carbocycles. The van der Waals surface area contributed by atoms with Crippen LogP contribution in [0, 0.1) is 6.92 Å². The Morgan fingerprint density at radius 1 is 1.60 bits per heavy atom. The van der Waals surface area contributed by atoms with E-state index < -0.39 is 0 Å². The van der Waals surface area contributed by atoms with Gasteiger partial charge in [0.15, 0.2) is 0 Å². The molecule has 0 aromatic carbocycles. The summed E-state index contributed by atoms with van der Waals surface area (Å²) in [4.78, 5) is 0. The first-order valence-electron chi connectivity index (χ1n) is 2.90. The van der Waals surface area contributed by atoms with E-state index in [9.17, 15) is 0 Å². The molecule has 1 heterocycles. The highest BCUT2D eigenvalue weighted by molar-refractivity contribution is 6.32. The fourth-order valence-corrected chi connectivity index (χ4v) is 1.43. The standard InChI is InChI=1S/C6H8Cl2N2/c1-4-6(8)5(3-7)10(2)9-4/h3H2,1-2H3. The van der Waals surface area contributed by atoms with Crippen LogP contribution in [-0.4, -0.2) is 9.78 Å². The number of hydrogen-bond acceptors (Lipinski definition) is 1. The molecule has 0 N–H and O–H groups in total. The monoisotopic (exact) mass is 178 g/mol. The van der Waals surface area contributed by atoms with E-state index in [4.69, 9.17) is 23.2 Å². The highest BCUT2D eigenvalue weighted by atomic mass is 35.5. The summed E-state index contributed by atoms with van der Waals surface area (Å²) in [6, 6.07) is 0. The molecule has 0 unspecified atom stereocenters. The zero-order valence-electron chi connectivity index (χ0n) is 5.86. The van der Waals surface area contributed by atoms with Gasteiger partial charge in [0.25, 0.3) is 0 Å². The fourth-order valence-electron chi connectivity index (χ4n) is 0.825. The summed E-state index contributed by atoms with van der Waals surface area (Å²) in [7, 11) is 1.83. The summed E-state index contributed by atoms with van der Waals surface area (Å²) in [6.45, 7) is 1.86. The highest BCUT2D eigenvalue weighted by Crippen LogP contribution is 2.20. The van der Waals surface area contributed by atoms with Gasteiger partial charge in [0.05, 0.1) is 22.3 Å². The maximum Gasteiger partial charge on any atom is 0.0859 e. The third-order valence-electron chi connectivity index (χ3n) is 1.39. The Morgan fingerprint density at radius 2 is 2.20 bits per heavy atom. The van der Waals surface area contributed by atoms with E-state index >= 15 is 0 Å². The van der Waals surface area contributed by atoms with Gasteiger partial charge >= 0.3 is 0 Å². The molecule has 0 aliphatic heterocycles. The molecular formula is C6H8Cl2N2. The topological polar surface area (TPSA) is 17.8 Å². The van der Waals surface area contributed by atoms with Gasteiger partial charge in [-0.2, -0.15) is 5.10 Å². The molecule has 0 amide bonds. The molecule has 4 heteroatoms. The van der Waals surface area contributed by atoms with Gasteiger partial charge in [-0.25, -0.2) is 0 Å². The Hall–Kier alpha value is -0.210. The number of nitrogens with zero attached hydrogens (tertiary/aromatic N) is 2. The predicted octanol–water partition coefficient (Wildman–Crippen LogP) is 2.12. The van der Waals surface area contributed by atoms with Gasteiger partial charge in [-0.1, -0.05) is 11.6 Å². The molecule has 1 aromatic rings. The van der Waals surface area contributed by atoms with Crippen LogP contribution in [0.15, 0.2) is 0 Å². The van der Waals surface area contributed by atoms with Gasteiger partial charge in [-0.15, -0.1) is 11.6 Å². The molecule has 1 rings (SSSR count). The van der Waals surface area contributed by atoms with Gasteiger partial charge in [0.2, 0.25) is 0 Å². The first kappa shape index (κ1) is 7.89. The average molecular weight is 179 g/mol. The first-order chi connectivity index (χ1) is 4.66. The molecule has 0 aliphatic carbocycles. The number of rotatable bonds is 1. The molecule has 10 heavy (non-hydrogen) atoms. The van der Waals surface area contributed by atoms with Gasteiger partial charge in [0.1, 0.15) is 0 Å². The van der Waals surface area contributed by atoms with Gasteiger partial charge in [-0.3, -0.25) is 4.68 Å². The Morgan fingerprint density at radius 3 is 2.40 bits per heavy atom. The van der Waals surface area contributed by atoms with Crippen LogP contribution in [0.5, 0.6) is 0 Å². The Labute approximate surface area is 69.7 Å². The highest BCUT2D eigenvalue weighted by Gasteiger charge is 2.08. The lowest BCUT2D eigenvalue weighted by molar-refractivity contribution is 0.726. The molecule has 0 bridgehead atoms. The van der Waals surface area contributed by atoms with Crippen molar-refractivity contribution in [3.05, 3.63) is 16.4 Å². The van der Waals surface area contributed by atoms with Gasteiger partial charge in [0, 0.05) is 7.05 Å². The number of alkyl halides is 1. The summed E-state index contributed by atoms with van der Waals surface area (Å²) >= 11 is 11.5. The smallest absolute Gasteiger partial charge is 0.0859 e. The minimum atomic E-state index is 0.413. The second kappa shape index (κ2) is 2.81. The summed E-state index contributed by atoms with van der Waals surface area (Å²) < 4.78 is 1.70. The lowest BCUT2D eigenvalue weighted by Crippen LogP contribution is -1.94. The van der Waals surface area contributed by atoms with Crippen molar-refractivity contribution in [1.29, 1.82) is 0 Å². The van der Waals surface area contributed by atoms with E-state index in [1.807, 2.05) is 14.0 Å². The third-order valence-corrected chi connectivity index (χ3v) is 2.13. The summed E-state index contributed by atoms with van der Waals surface area (Å²) in [5.41, 5.74) is 1.71. The van der Waals surface area contributed by atoms with Crippen molar-refractivity contribution in [3.63, 3.8) is 0 Å².